The largest absolute Gasteiger partial charge is 0.427 e. The Bertz CT molecular complexity index is 1070. The third-order valence-corrected chi connectivity index (χ3v) is 4.97. The number of hydrogen-bond donors (Lipinski definition) is 3. The quantitative estimate of drug-likeness (QED) is 0.578. The van der Waals surface area contributed by atoms with Crippen molar-refractivity contribution in [1.29, 1.82) is 0 Å². The number of aromatic amines is 1. The number of para-hydroxylation sites is 1. The molecule has 4 rings (SSSR count). The number of aryl methyl sites for hydroxylation is 2. The molecule has 3 aromatic rings. The highest BCUT2D eigenvalue weighted by Crippen LogP contribution is 2.25. The van der Waals surface area contributed by atoms with E-state index in [0.717, 1.165) is 37.3 Å². The van der Waals surface area contributed by atoms with Crippen LogP contribution in [0.1, 0.15) is 46.3 Å². The first-order valence-electron chi connectivity index (χ1n) is 9.15. The summed E-state index contributed by atoms with van der Waals surface area (Å²) in [7, 11) is 0. The number of carbonyl (C=O) groups is 1. The lowest BCUT2D eigenvalue weighted by Crippen LogP contribution is -2.30. The number of hydrogen-bond acceptors (Lipinski definition) is 5. The molecule has 1 saturated heterocycles. The Kier molecular flexibility index (Phi) is 7.46. The van der Waals surface area contributed by atoms with Gasteiger partial charge in [-0.2, -0.15) is 0 Å². The Morgan fingerprint density at radius 2 is 2.07 bits per heavy atom. The van der Waals surface area contributed by atoms with Crippen molar-refractivity contribution >= 4 is 47.4 Å². The van der Waals surface area contributed by atoms with Crippen LogP contribution in [0.5, 0.6) is 0 Å². The molecule has 0 bridgehead atoms. The summed E-state index contributed by atoms with van der Waals surface area (Å²) in [5.74, 6) is 1.09. The minimum absolute atomic E-state index is 0. The van der Waals surface area contributed by atoms with E-state index in [1.165, 1.54) is 0 Å². The van der Waals surface area contributed by atoms with Crippen LogP contribution in [0.25, 0.3) is 11.0 Å². The number of halogens is 2. The summed E-state index contributed by atoms with van der Waals surface area (Å²) >= 11 is 0. The van der Waals surface area contributed by atoms with E-state index in [1.54, 1.807) is 13.0 Å². The average molecular weight is 439 g/mol. The molecule has 1 aliphatic heterocycles. The zero-order chi connectivity index (χ0) is 19.0. The molecule has 29 heavy (non-hydrogen) atoms. The van der Waals surface area contributed by atoms with Gasteiger partial charge in [0.2, 0.25) is 0 Å². The van der Waals surface area contributed by atoms with Gasteiger partial charge in [-0.15, -0.1) is 24.8 Å². The number of nitrogens with one attached hydrogen (secondary N) is 3. The summed E-state index contributed by atoms with van der Waals surface area (Å²) in [6, 6.07) is 7.29. The van der Waals surface area contributed by atoms with E-state index < -0.39 is 11.5 Å². The number of rotatable bonds is 3. The second kappa shape index (κ2) is 9.43. The van der Waals surface area contributed by atoms with Gasteiger partial charge in [0.1, 0.15) is 22.7 Å². The van der Waals surface area contributed by atoms with Gasteiger partial charge in [0.25, 0.3) is 5.91 Å². The predicted molar refractivity (Wildman–Crippen MR) is 118 cm³/mol. The first-order chi connectivity index (χ1) is 13.0. The number of nitrogens with zero attached hydrogens (tertiary/aromatic N) is 1. The number of amides is 1. The van der Waals surface area contributed by atoms with Crippen LogP contribution in [0.4, 0.5) is 5.69 Å². The van der Waals surface area contributed by atoms with Crippen LogP contribution in [0.3, 0.4) is 0 Å². The second-order valence-corrected chi connectivity index (χ2v) is 7.02. The fourth-order valence-electron chi connectivity index (χ4n) is 3.64. The molecular weight excluding hydrogens is 415 g/mol. The molecule has 1 aromatic carbocycles. The Hall–Kier alpha value is -2.35. The third-order valence-electron chi connectivity index (χ3n) is 4.97. The monoisotopic (exact) mass is 438 g/mol. The van der Waals surface area contributed by atoms with Crippen molar-refractivity contribution < 1.29 is 9.21 Å². The second-order valence-electron chi connectivity index (χ2n) is 7.02. The van der Waals surface area contributed by atoms with E-state index in [-0.39, 0.29) is 36.3 Å². The molecule has 7 nitrogen and oxygen atoms in total. The van der Waals surface area contributed by atoms with Gasteiger partial charge >= 0.3 is 5.63 Å². The van der Waals surface area contributed by atoms with Crippen LogP contribution in [0.15, 0.2) is 33.5 Å². The van der Waals surface area contributed by atoms with Crippen molar-refractivity contribution in [2.24, 2.45) is 0 Å². The molecule has 0 aliphatic carbocycles. The summed E-state index contributed by atoms with van der Waals surface area (Å²) in [5, 5.41) is 6.11. The lowest BCUT2D eigenvalue weighted by molar-refractivity contribution is 0.102. The Morgan fingerprint density at radius 1 is 1.28 bits per heavy atom. The van der Waals surface area contributed by atoms with Gasteiger partial charge in [-0.25, -0.2) is 9.78 Å². The van der Waals surface area contributed by atoms with E-state index in [2.05, 4.69) is 20.6 Å². The van der Waals surface area contributed by atoms with Crippen LogP contribution in [0, 0.1) is 13.8 Å². The first-order valence-corrected chi connectivity index (χ1v) is 9.15. The van der Waals surface area contributed by atoms with E-state index in [9.17, 15) is 9.59 Å². The summed E-state index contributed by atoms with van der Waals surface area (Å²) in [6.07, 6.45) is 2.02. The molecular formula is C20H24Cl2N4O3. The molecule has 156 valence electrons. The van der Waals surface area contributed by atoms with E-state index >= 15 is 0 Å². The number of aromatic nitrogens is 2. The molecule has 1 unspecified atom stereocenters. The molecule has 9 heteroatoms. The Labute approximate surface area is 180 Å². The Balaban J connectivity index is 0.00000150. The van der Waals surface area contributed by atoms with Gasteiger partial charge in [-0.1, -0.05) is 6.07 Å². The molecule has 0 radical (unpaired) electrons. The summed E-state index contributed by atoms with van der Waals surface area (Å²) in [4.78, 5) is 32.8. The van der Waals surface area contributed by atoms with Gasteiger partial charge < -0.3 is 20.0 Å². The van der Waals surface area contributed by atoms with E-state index in [4.69, 9.17) is 4.42 Å². The topological polar surface area (TPSA) is 100 Å². The lowest BCUT2D eigenvalue weighted by atomic mass is 9.95. The minimum Gasteiger partial charge on any atom is -0.427 e. The van der Waals surface area contributed by atoms with Gasteiger partial charge in [0, 0.05) is 12.5 Å². The van der Waals surface area contributed by atoms with Crippen LogP contribution >= 0.6 is 24.8 Å². The highest BCUT2D eigenvalue weighted by Gasteiger charge is 2.23. The Morgan fingerprint density at radius 3 is 2.76 bits per heavy atom. The summed E-state index contributed by atoms with van der Waals surface area (Å²) in [5.41, 5.74) is 2.10. The number of carbonyl (C=O) groups excluding carboxylic acids is 1. The summed E-state index contributed by atoms with van der Waals surface area (Å²) in [6.45, 7) is 5.39. The maximum Gasteiger partial charge on any atom is 0.349 e. The predicted octanol–water partition coefficient (Wildman–Crippen LogP) is 3.70. The third kappa shape index (κ3) is 4.63. The van der Waals surface area contributed by atoms with Crippen molar-refractivity contribution in [2.45, 2.75) is 32.6 Å². The molecule has 0 spiro atoms. The van der Waals surface area contributed by atoms with Crippen molar-refractivity contribution in [3.05, 3.63) is 57.4 Å². The SMILES string of the molecule is Cc1nc2c(NC(=O)c3c(C)cc(C4CCCNC4)oc3=O)cccc2[nH]1.Cl.Cl. The van der Waals surface area contributed by atoms with E-state index in [1.807, 2.05) is 25.1 Å². The van der Waals surface area contributed by atoms with Gasteiger partial charge in [0.05, 0.1) is 11.2 Å². The zero-order valence-electron chi connectivity index (χ0n) is 16.2. The smallest absolute Gasteiger partial charge is 0.349 e. The molecule has 1 fully saturated rings. The van der Waals surface area contributed by atoms with E-state index in [0.29, 0.717) is 22.5 Å². The molecule has 2 aromatic heterocycles. The molecule has 1 atom stereocenters. The maximum absolute atomic E-state index is 12.8. The highest BCUT2D eigenvalue weighted by atomic mass is 35.5. The van der Waals surface area contributed by atoms with Crippen LogP contribution in [0.2, 0.25) is 0 Å². The van der Waals surface area contributed by atoms with Crippen molar-refractivity contribution in [3.8, 4) is 0 Å². The molecule has 3 heterocycles. The van der Waals surface area contributed by atoms with Gasteiger partial charge in [0.15, 0.2) is 0 Å². The number of imidazole rings is 1. The van der Waals surface area contributed by atoms with Crippen molar-refractivity contribution in [1.82, 2.24) is 15.3 Å². The maximum atomic E-state index is 12.8. The fourth-order valence-corrected chi connectivity index (χ4v) is 3.64. The van der Waals surface area contributed by atoms with Gasteiger partial charge in [-0.3, -0.25) is 4.79 Å². The normalized spacial score (nSPS) is 16.0. The van der Waals surface area contributed by atoms with Crippen LogP contribution < -0.4 is 16.3 Å². The number of anilines is 1. The average Bonchev–Trinajstić information content (AvgIpc) is 3.03. The van der Waals surface area contributed by atoms with Crippen molar-refractivity contribution in [2.75, 3.05) is 18.4 Å². The molecule has 3 N–H and O–H groups in total. The first kappa shape index (κ1) is 22.9. The minimum atomic E-state index is -0.599. The lowest BCUT2D eigenvalue weighted by Gasteiger charge is -2.22. The fraction of sp³-hybridized carbons (Fsp3) is 0.350. The highest BCUT2D eigenvalue weighted by molar-refractivity contribution is 6.08. The number of H-pyrrole nitrogens is 1. The van der Waals surface area contributed by atoms with Crippen LogP contribution in [-0.2, 0) is 0 Å². The number of benzene rings is 1. The van der Waals surface area contributed by atoms with Gasteiger partial charge in [-0.05, 0) is 57.0 Å². The molecule has 1 aliphatic rings. The number of piperidine rings is 1. The zero-order valence-corrected chi connectivity index (χ0v) is 17.8. The molecule has 1 amide bonds. The van der Waals surface area contributed by atoms with Crippen LogP contribution in [-0.4, -0.2) is 29.0 Å². The molecule has 0 saturated carbocycles. The number of fused-ring (bicyclic) bond motifs is 1. The van der Waals surface area contributed by atoms with Crippen molar-refractivity contribution in [3.63, 3.8) is 0 Å². The standard InChI is InChI=1S/C20H22N4O3.2ClH/c1-11-9-16(13-5-4-8-21-10-13)27-20(26)17(11)19(25)24-15-7-3-6-14-18(15)23-12(2)22-14;;/h3,6-7,9,13,21H,4-5,8,10H2,1-2H3,(H,22,23)(H,24,25);2*1H. The summed E-state index contributed by atoms with van der Waals surface area (Å²) < 4.78 is 5.50.